The van der Waals surface area contributed by atoms with E-state index in [0.29, 0.717) is 19.2 Å². The van der Waals surface area contributed by atoms with Crippen LogP contribution in [-0.2, 0) is 0 Å². The van der Waals surface area contributed by atoms with Crippen LogP contribution in [0.15, 0.2) is 18.2 Å². The number of rotatable bonds is 6. The minimum Gasteiger partial charge on any atom is -0.491 e. The van der Waals surface area contributed by atoms with Gasteiger partial charge in [0.05, 0.1) is 6.04 Å². The normalized spacial score (nSPS) is 12.8. The number of hydrogen-bond donors (Lipinski definition) is 2. The predicted octanol–water partition coefficient (Wildman–Crippen LogP) is 1.36. The molecule has 0 bridgehead atoms. The van der Waals surface area contributed by atoms with Gasteiger partial charge in [-0.05, 0) is 44.5 Å². The highest BCUT2D eigenvalue weighted by molar-refractivity contribution is 6.31. The molecule has 1 unspecified atom stereocenters. The number of quaternary nitrogens is 1. The molecule has 0 aliphatic carbocycles. The maximum atomic E-state index is 9.70. The van der Waals surface area contributed by atoms with E-state index in [-0.39, 0.29) is 0 Å². The van der Waals surface area contributed by atoms with E-state index >= 15 is 0 Å². The molecule has 3 nitrogen and oxygen atoms in total. The van der Waals surface area contributed by atoms with Gasteiger partial charge in [0.15, 0.2) is 0 Å². The van der Waals surface area contributed by atoms with Crippen LogP contribution in [-0.4, -0.2) is 30.4 Å². The van der Waals surface area contributed by atoms with Crippen molar-refractivity contribution in [3.63, 3.8) is 0 Å². The van der Waals surface area contributed by atoms with Crippen molar-refractivity contribution < 1.29 is 15.2 Å². The summed E-state index contributed by atoms with van der Waals surface area (Å²) in [4.78, 5) is 0. The van der Waals surface area contributed by atoms with Crippen molar-refractivity contribution in [3.05, 3.63) is 28.8 Å². The van der Waals surface area contributed by atoms with Gasteiger partial charge in [-0.15, -0.1) is 0 Å². The number of aliphatic hydroxyl groups excluding tert-OH is 1. The van der Waals surface area contributed by atoms with Crippen LogP contribution in [0.25, 0.3) is 0 Å². The zero-order valence-electron chi connectivity index (χ0n) is 10.6. The Morgan fingerprint density at radius 1 is 1.41 bits per heavy atom. The molecule has 0 saturated heterocycles. The van der Waals surface area contributed by atoms with E-state index in [1.165, 1.54) is 0 Å². The standard InChI is InChI=1S/C13H20ClNO2/c1-9(2)15-7-11(16)8-17-12-4-5-13(14)10(3)6-12/h4-6,9,11,15-16H,7-8H2,1-3H3/p+1. The predicted molar refractivity (Wildman–Crippen MR) is 69.6 cm³/mol. The fourth-order valence-electron chi connectivity index (χ4n) is 1.40. The third-order valence-electron chi connectivity index (χ3n) is 2.45. The Morgan fingerprint density at radius 2 is 2.12 bits per heavy atom. The first-order valence-corrected chi connectivity index (χ1v) is 6.27. The molecule has 0 fully saturated rings. The summed E-state index contributed by atoms with van der Waals surface area (Å²) >= 11 is 5.92. The topological polar surface area (TPSA) is 46.1 Å². The molecule has 0 aliphatic heterocycles. The highest BCUT2D eigenvalue weighted by Crippen LogP contribution is 2.20. The lowest BCUT2D eigenvalue weighted by molar-refractivity contribution is -0.688. The minimum absolute atomic E-state index is 0.310. The van der Waals surface area contributed by atoms with Crippen molar-refractivity contribution in [2.45, 2.75) is 32.9 Å². The average molecular weight is 259 g/mol. The molecule has 0 aliphatic rings. The van der Waals surface area contributed by atoms with Crippen LogP contribution < -0.4 is 10.1 Å². The van der Waals surface area contributed by atoms with Gasteiger partial charge in [-0.3, -0.25) is 0 Å². The number of aryl methyl sites for hydroxylation is 1. The van der Waals surface area contributed by atoms with Crippen LogP contribution in [0.4, 0.5) is 0 Å². The highest BCUT2D eigenvalue weighted by Gasteiger charge is 2.09. The number of ether oxygens (including phenoxy) is 1. The monoisotopic (exact) mass is 258 g/mol. The van der Waals surface area contributed by atoms with Gasteiger partial charge in [-0.2, -0.15) is 0 Å². The van der Waals surface area contributed by atoms with E-state index in [1.54, 1.807) is 6.07 Å². The lowest BCUT2D eigenvalue weighted by Gasteiger charge is -2.13. The van der Waals surface area contributed by atoms with Crippen LogP contribution >= 0.6 is 11.6 Å². The van der Waals surface area contributed by atoms with E-state index in [2.05, 4.69) is 19.2 Å². The molecule has 0 aromatic heterocycles. The summed E-state index contributed by atoms with van der Waals surface area (Å²) < 4.78 is 5.51. The Bertz CT molecular complexity index is 355. The molecule has 0 spiro atoms. The molecule has 0 heterocycles. The number of benzene rings is 1. The zero-order valence-corrected chi connectivity index (χ0v) is 11.4. The molecular formula is C13H21ClNO2+. The minimum atomic E-state index is -0.451. The van der Waals surface area contributed by atoms with Crippen LogP contribution in [0.3, 0.4) is 0 Å². The van der Waals surface area contributed by atoms with Gasteiger partial charge >= 0.3 is 0 Å². The summed E-state index contributed by atoms with van der Waals surface area (Å²) in [7, 11) is 0. The van der Waals surface area contributed by atoms with E-state index in [1.807, 2.05) is 19.1 Å². The van der Waals surface area contributed by atoms with E-state index < -0.39 is 6.10 Å². The second-order valence-electron chi connectivity index (χ2n) is 4.59. The van der Waals surface area contributed by atoms with Gasteiger partial charge < -0.3 is 15.2 Å². The first kappa shape index (κ1) is 14.3. The molecular weight excluding hydrogens is 238 g/mol. The molecule has 1 aromatic carbocycles. The quantitative estimate of drug-likeness (QED) is 0.809. The molecule has 17 heavy (non-hydrogen) atoms. The van der Waals surface area contributed by atoms with Gasteiger partial charge in [0, 0.05) is 5.02 Å². The molecule has 3 N–H and O–H groups in total. The maximum absolute atomic E-state index is 9.70. The summed E-state index contributed by atoms with van der Waals surface area (Å²) in [6, 6.07) is 5.98. The number of aliphatic hydroxyl groups is 1. The van der Waals surface area contributed by atoms with Crippen LogP contribution in [0.2, 0.25) is 5.02 Å². The zero-order chi connectivity index (χ0) is 12.8. The Kier molecular flexibility index (Phi) is 5.75. The van der Waals surface area contributed by atoms with Gasteiger partial charge in [0.2, 0.25) is 0 Å². The smallest absolute Gasteiger partial charge is 0.137 e. The molecule has 96 valence electrons. The Balaban J connectivity index is 2.36. The summed E-state index contributed by atoms with van der Waals surface area (Å²) in [5.74, 6) is 0.746. The van der Waals surface area contributed by atoms with Crippen LogP contribution in [0.1, 0.15) is 19.4 Å². The SMILES string of the molecule is Cc1cc(OCC(O)C[NH2+]C(C)C)ccc1Cl. The summed E-state index contributed by atoms with van der Waals surface area (Å²) in [5, 5.41) is 12.5. The number of halogens is 1. The molecule has 1 aromatic rings. The summed E-state index contributed by atoms with van der Waals surface area (Å²) in [6.07, 6.45) is -0.451. The maximum Gasteiger partial charge on any atom is 0.137 e. The van der Waals surface area contributed by atoms with Crippen molar-refractivity contribution in [1.82, 2.24) is 0 Å². The van der Waals surface area contributed by atoms with Gasteiger partial charge in [0.1, 0.15) is 25.0 Å². The van der Waals surface area contributed by atoms with Crippen molar-refractivity contribution in [2.75, 3.05) is 13.2 Å². The lowest BCUT2D eigenvalue weighted by Crippen LogP contribution is -2.90. The summed E-state index contributed by atoms with van der Waals surface area (Å²) in [6.45, 7) is 7.08. The largest absolute Gasteiger partial charge is 0.491 e. The Morgan fingerprint density at radius 3 is 2.71 bits per heavy atom. The molecule has 4 heteroatoms. The second-order valence-corrected chi connectivity index (χ2v) is 5.00. The van der Waals surface area contributed by atoms with Crippen molar-refractivity contribution in [3.8, 4) is 5.75 Å². The lowest BCUT2D eigenvalue weighted by atomic mass is 10.2. The first-order chi connectivity index (χ1) is 7.99. The van der Waals surface area contributed by atoms with E-state index in [0.717, 1.165) is 16.3 Å². The molecule has 0 amide bonds. The van der Waals surface area contributed by atoms with E-state index in [9.17, 15) is 5.11 Å². The Hall–Kier alpha value is -0.770. The molecule has 0 radical (unpaired) electrons. The Labute approximate surface area is 108 Å². The van der Waals surface area contributed by atoms with Crippen LogP contribution in [0, 0.1) is 6.92 Å². The third kappa shape index (κ3) is 5.39. The summed E-state index contributed by atoms with van der Waals surface area (Å²) in [5.41, 5.74) is 0.979. The van der Waals surface area contributed by atoms with Gasteiger partial charge in [0.25, 0.3) is 0 Å². The van der Waals surface area contributed by atoms with Crippen molar-refractivity contribution >= 4 is 11.6 Å². The fourth-order valence-corrected chi connectivity index (χ4v) is 1.51. The molecule has 1 rings (SSSR count). The third-order valence-corrected chi connectivity index (χ3v) is 2.88. The van der Waals surface area contributed by atoms with Crippen LogP contribution in [0.5, 0.6) is 5.75 Å². The number of hydrogen-bond acceptors (Lipinski definition) is 2. The first-order valence-electron chi connectivity index (χ1n) is 5.89. The fraction of sp³-hybridized carbons (Fsp3) is 0.538. The molecule has 1 atom stereocenters. The average Bonchev–Trinajstić information content (AvgIpc) is 2.28. The highest BCUT2D eigenvalue weighted by atomic mass is 35.5. The molecule has 0 saturated carbocycles. The van der Waals surface area contributed by atoms with Gasteiger partial charge in [-0.25, -0.2) is 0 Å². The number of nitrogens with two attached hydrogens (primary N) is 1. The van der Waals surface area contributed by atoms with Crippen molar-refractivity contribution in [1.29, 1.82) is 0 Å². The van der Waals surface area contributed by atoms with Crippen molar-refractivity contribution in [2.24, 2.45) is 0 Å². The van der Waals surface area contributed by atoms with Gasteiger partial charge in [-0.1, -0.05) is 11.6 Å². The second kappa shape index (κ2) is 6.84. The van der Waals surface area contributed by atoms with E-state index in [4.69, 9.17) is 16.3 Å².